The van der Waals surface area contributed by atoms with Crippen LogP contribution in [0.4, 0.5) is 11.4 Å². The minimum atomic E-state index is -0.103. The van der Waals surface area contributed by atoms with Crippen molar-refractivity contribution in [1.29, 1.82) is 0 Å². The molecule has 0 aliphatic heterocycles. The summed E-state index contributed by atoms with van der Waals surface area (Å²) >= 11 is 3.38. The van der Waals surface area contributed by atoms with Crippen LogP contribution in [0.3, 0.4) is 0 Å². The molecule has 0 aliphatic rings. The van der Waals surface area contributed by atoms with Crippen LogP contribution < -0.4 is 10.2 Å². The highest BCUT2D eigenvalue weighted by molar-refractivity contribution is 9.10. The molecule has 4 heteroatoms. The normalized spacial score (nSPS) is 10.3. The molecule has 0 bridgehead atoms. The maximum atomic E-state index is 12.2. The van der Waals surface area contributed by atoms with Crippen LogP contribution >= 0.6 is 15.9 Å². The van der Waals surface area contributed by atoms with E-state index in [0.717, 1.165) is 22.4 Å². The first-order valence-corrected chi connectivity index (χ1v) is 8.27. The van der Waals surface area contributed by atoms with Crippen molar-refractivity contribution in [2.24, 2.45) is 0 Å². The van der Waals surface area contributed by atoms with Crippen LogP contribution in [0.25, 0.3) is 0 Å². The van der Waals surface area contributed by atoms with E-state index in [2.05, 4.69) is 40.1 Å². The summed E-state index contributed by atoms with van der Waals surface area (Å²) in [6, 6.07) is 15.3. The second kappa shape index (κ2) is 7.99. The summed E-state index contributed by atoms with van der Waals surface area (Å²) in [5.74, 6) is -0.103. The quantitative estimate of drug-likeness (QED) is 0.791. The fourth-order valence-corrected chi connectivity index (χ4v) is 2.56. The Morgan fingerprint density at radius 3 is 2.55 bits per heavy atom. The first kappa shape index (κ1) is 16.6. The Morgan fingerprint density at radius 1 is 1.18 bits per heavy atom. The summed E-state index contributed by atoms with van der Waals surface area (Å²) in [6.07, 6.45) is 2.36. The number of nitrogens with one attached hydrogen (secondary N) is 1. The van der Waals surface area contributed by atoms with Gasteiger partial charge in [0.1, 0.15) is 0 Å². The third-order valence-electron chi connectivity index (χ3n) is 3.50. The van der Waals surface area contributed by atoms with E-state index in [-0.39, 0.29) is 5.91 Å². The molecule has 0 spiro atoms. The Hall–Kier alpha value is -1.81. The summed E-state index contributed by atoms with van der Waals surface area (Å²) < 4.78 is 0.896. The molecule has 0 unspecified atom stereocenters. The van der Waals surface area contributed by atoms with E-state index in [0.29, 0.717) is 5.56 Å². The number of anilines is 2. The van der Waals surface area contributed by atoms with Gasteiger partial charge in [0.05, 0.1) is 0 Å². The van der Waals surface area contributed by atoms with E-state index in [4.69, 9.17) is 0 Å². The second-order valence-corrected chi connectivity index (χ2v) is 6.20. The Balaban J connectivity index is 2.00. The number of amides is 1. The smallest absolute Gasteiger partial charge is 0.255 e. The average Bonchev–Trinajstić information content (AvgIpc) is 2.53. The zero-order valence-corrected chi connectivity index (χ0v) is 14.6. The number of benzene rings is 2. The fraction of sp³-hybridized carbons (Fsp3) is 0.278. The lowest BCUT2D eigenvalue weighted by Crippen LogP contribution is -2.18. The molecular formula is C18H21BrN2O. The molecule has 0 aromatic heterocycles. The number of hydrogen-bond donors (Lipinski definition) is 1. The van der Waals surface area contributed by atoms with Crippen molar-refractivity contribution in [3.8, 4) is 0 Å². The lowest BCUT2D eigenvalue weighted by molar-refractivity contribution is 0.102. The topological polar surface area (TPSA) is 32.3 Å². The monoisotopic (exact) mass is 360 g/mol. The minimum absolute atomic E-state index is 0.103. The lowest BCUT2D eigenvalue weighted by atomic mass is 10.2. The fourth-order valence-electron chi connectivity index (χ4n) is 2.16. The standard InChI is InChI=1S/C18H21BrN2O/c1-3-4-12-21(2)17-10-8-16(9-11-17)20-18(22)14-6-5-7-15(19)13-14/h5-11,13H,3-4,12H2,1-2H3,(H,20,22). The van der Waals surface area contributed by atoms with Crippen molar-refractivity contribution < 1.29 is 4.79 Å². The molecule has 0 saturated carbocycles. The Kier molecular flexibility index (Phi) is 6.01. The van der Waals surface area contributed by atoms with Crippen LogP contribution in [0.1, 0.15) is 30.1 Å². The Bertz CT molecular complexity index is 625. The summed E-state index contributed by atoms with van der Waals surface area (Å²) in [6.45, 7) is 3.23. The average molecular weight is 361 g/mol. The molecule has 2 aromatic rings. The van der Waals surface area contributed by atoms with Crippen molar-refractivity contribution in [1.82, 2.24) is 0 Å². The van der Waals surface area contributed by atoms with Gasteiger partial charge in [-0.05, 0) is 48.9 Å². The number of hydrogen-bond acceptors (Lipinski definition) is 2. The van der Waals surface area contributed by atoms with Gasteiger partial charge in [0.2, 0.25) is 0 Å². The minimum Gasteiger partial charge on any atom is -0.375 e. The number of nitrogens with zero attached hydrogens (tertiary/aromatic N) is 1. The molecule has 1 N–H and O–H groups in total. The zero-order chi connectivity index (χ0) is 15.9. The summed E-state index contributed by atoms with van der Waals surface area (Å²) in [7, 11) is 2.09. The van der Waals surface area contributed by atoms with E-state index in [1.165, 1.54) is 12.8 Å². The van der Waals surface area contributed by atoms with Gasteiger partial charge in [0.15, 0.2) is 0 Å². The lowest BCUT2D eigenvalue weighted by Gasteiger charge is -2.19. The van der Waals surface area contributed by atoms with Crippen molar-refractivity contribution in [2.75, 3.05) is 23.8 Å². The van der Waals surface area contributed by atoms with Gasteiger partial charge in [0.25, 0.3) is 5.91 Å². The van der Waals surface area contributed by atoms with E-state index in [1.54, 1.807) is 6.07 Å². The summed E-state index contributed by atoms with van der Waals surface area (Å²) in [4.78, 5) is 14.4. The number of carbonyl (C=O) groups excluding carboxylic acids is 1. The SMILES string of the molecule is CCCCN(C)c1ccc(NC(=O)c2cccc(Br)c2)cc1. The van der Waals surface area contributed by atoms with E-state index >= 15 is 0 Å². The predicted molar refractivity (Wildman–Crippen MR) is 96.7 cm³/mol. The Labute approximate surface area is 140 Å². The van der Waals surface area contributed by atoms with Gasteiger partial charge in [-0.15, -0.1) is 0 Å². The van der Waals surface area contributed by atoms with Crippen LogP contribution in [0.2, 0.25) is 0 Å². The maximum absolute atomic E-state index is 12.2. The number of carbonyl (C=O) groups is 1. The molecule has 0 saturated heterocycles. The van der Waals surface area contributed by atoms with Crippen molar-refractivity contribution in [3.63, 3.8) is 0 Å². The second-order valence-electron chi connectivity index (χ2n) is 5.29. The number of unbranched alkanes of at least 4 members (excludes halogenated alkanes) is 1. The van der Waals surface area contributed by atoms with E-state index < -0.39 is 0 Å². The maximum Gasteiger partial charge on any atom is 0.255 e. The summed E-state index contributed by atoms with van der Waals surface area (Å²) in [5.41, 5.74) is 2.60. The van der Waals surface area contributed by atoms with E-state index in [1.807, 2.05) is 42.5 Å². The molecule has 3 nitrogen and oxygen atoms in total. The van der Waals surface area contributed by atoms with Gasteiger partial charge in [-0.25, -0.2) is 0 Å². The van der Waals surface area contributed by atoms with Crippen LogP contribution in [0.15, 0.2) is 53.0 Å². The molecule has 2 rings (SSSR count). The number of rotatable bonds is 6. The molecule has 2 aromatic carbocycles. The third kappa shape index (κ3) is 4.60. The highest BCUT2D eigenvalue weighted by atomic mass is 79.9. The molecular weight excluding hydrogens is 340 g/mol. The predicted octanol–water partition coefficient (Wildman–Crippen LogP) is 4.94. The highest BCUT2D eigenvalue weighted by Gasteiger charge is 2.07. The van der Waals surface area contributed by atoms with Gasteiger partial charge >= 0.3 is 0 Å². The molecule has 0 fully saturated rings. The van der Waals surface area contributed by atoms with Crippen LogP contribution in [0, 0.1) is 0 Å². The van der Waals surface area contributed by atoms with Gasteiger partial charge in [-0.3, -0.25) is 4.79 Å². The first-order chi connectivity index (χ1) is 10.6. The van der Waals surface area contributed by atoms with Crippen molar-refractivity contribution >= 4 is 33.2 Å². The summed E-state index contributed by atoms with van der Waals surface area (Å²) in [5, 5.41) is 2.92. The van der Waals surface area contributed by atoms with Crippen molar-refractivity contribution in [3.05, 3.63) is 58.6 Å². The zero-order valence-electron chi connectivity index (χ0n) is 13.0. The van der Waals surface area contributed by atoms with E-state index in [9.17, 15) is 4.79 Å². The Morgan fingerprint density at radius 2 is 1.91 bits per heavy atom. The van der Waals surface area contributed by atoms with Gasteiger partial charge in [-0.2, -0.15) is 0 Å². The van der Waals surface area contributed by atoms with Gasteiger partial charge < -0.3 is 10.2 Å². The molecule has 0 heterocycles. The molecule has 1 amide bonds. The van der Waals surface area contributed by atoms with Gasteiger partial charge in [-0.1, -0.05) is 35.3 Å². The molecule has 116 valence electrons. The van der Waals surface area contributed by atoms with Crippen LogP contribution in [-0.4, -0.2) is 19.5 Å². The van der Waals surface area contributed by atoms with Crippen LogP contribution in [0.5, 0.6) is 0 Å². The largest absolute Gasteiger partial charge is 0.375 e. The molecule has 0 aliphatic carbocycles. The first-order valence-electron chi connectivity index (χ1n) is 7.48. The van der Waals surface area contributed by atoms with Gasteiger partial charge in [0, 0.05) is 35.0 Å². The molecule has 22 heavy (non-hydrogen) atoms. The third-order valence-corrected chi connectivity index (χ3v) is 3.99. The van der Waals surface area contributed by atoms with Crippen molar-refractivity contribution in [2.45, 2.75) is 19.8 Å². The molecule has 0 atom stereocenters. The van der Waals surface area contributed by atoms with Crippen LogP contribution in [-0.2, 0) is 0 Å². The number of halogens is 1. The molecule has 0 radical (unpaired) electrons. The highest BCUT2D eigenvalue weighted by Crippen LogP contribution is 2.18.